The summed E-state index contributed by atoms with van der Waals surface area (Å²) in [5, 5.41) is 0. The van der Waals surface area contributed by atoms with Crippen molar-refractivity contribution in [1.29, 1.82) is 0 Å². The van der Waals surface area contributed by atoms with Crippen molar-refractivity contribution in [3.05, 3.63) is 53.3 Å². The average molecular weight is 417 g/mol. The van der Waals surface area contributed by atoms with Gasteiger partial charge >= 0.3 is 5.97 Å². The minimum atomic E-state index is -0.537. The second kappa shape index (κ2) is 9.47. The summed E-state index contributed by atoms with van der Waals surface area (Å²) in [6.07, 6.45) is 0.573. The van der Waals surface area contributed by atoms with Crippen molar-refractivity contribution < 1.29 is 32.9 Å². The van der Waals surface area contributed by atoms with Crippen molar-refractivity contribution in [1.82, 2.24) is 4.90 Å². The van der Waals surface area contributed by atoms with Crippen LogP contribution in [0.5, 0.6) is 17.2 Å². The molecule has 0 saturated carbocycles. The van der Waals surface area contributed by atoms with Crippen LogP contribution in [0.3, 0.4) is 0 Å². The Morgan fingerprint density at radius 2 is 1.83 bits per heavy atom. The predicted molar refractivity (Wildman–Crippen MR) is 106 cm³/mol. The maximum atomic E-state index is 13.3. The first-order valence-corrected chi connectivity index (χ1v) is 9.46. The topological polar surface area (TPSA) is 74.3 Å². The predicted octanol–water partition coefficient (Wildman–Crippen LogP) is 2.91. The van der Waals surface area contributed by atoms with E-state index in [0.717, 1.165) is 11.1 Å². The SMILES string of the molecule is COC(=O)C[C@@H]1c2cc(OC)c(OC)cc2CCN1C(=O)COc1cccc(F)c1. The van der Waals surface area contributed by atoms with Crippen molar-refractivity contribution in [2.24, 2.45) is 0 Å². The molecule has 0 radical (unpaired) electrons. The van der Waals surface area contributed by atoms with Gasteiger partial charge in [-0.3, -0.25) is 9.59 Å². The van der Waals surface area contributed by atoms with E-state index in [1.807, 2.05) is 6.07 Å². The lowest BCUT2D eigenvalue weighted by atomic mass is 9.90. The van der Waals surface area contributed by atoms with Gasteiger partial charge in [0.25, 0.3) is 5.91 Å². The molecule has 1 amide bonds. The van der Waals surface area contributed by atoms with E-state index < -0.39 is 17.8 Å². The molecule has 160 valence electrons. The molecule has 0 aliphatic carbocycles. The molecule has 8 heteroatoms. The summed E-state index contributed by atoms with van der Waals surface area (Å²) < 4.78 is 34.4. The van der Waals surface area contributed by atoms with E-state index in [1.165, 1.54) is 32.4 Å². The van der Waals surface area contributed by atoms with Crippen molar-refractivity contribution >= 4 is 11.9 Å². The molecule has 0 N–H and O–H groups in total. The van der Waals surface area contributed by atoms with E-state index in [1.54, 1.807) is 24.1 Å². The van der Waals surface area contributed by atoms with E-state index in [9.17, 15) is 14.0 Å². The fourth-order valence-corrected chi connectivity index (χ4v) is 3.57. The molecule has 1 heterocycles. The molecular weight excluding hydrogens is 393 g/mol. The molecule has 1 aliphatic rings. The van der Waals surface area contributed by atoms with Gasteiger partial charge in [-0.15, -0.1) is 0 Å². The van der Waals surface area contributed by atoms with Crippen LogP contribution in [-0.4, -0.2) is 51.3 Å². The Balaban J connectivity index is 1.86. The third kappa shape index (κ3) is 4.64. The summed E-state index contributed by atoms with van der Waals surface area (Å²) in [5.41, 5.74) is 1.76. The van der Waals surface area contributed by atoms with Gasteiger partial charge in [0.2, 0.25) is 0 Å². The summed E-state index contributed by atoms with van der Waals surface area (Å²) >= 11 is 0. The highest BCUT2D eigenvalue weighted by Crippen LogP contribution is 2.39. The lowest BCUT2D eigenvalue weighted by molar-refractivity contribution is -0.144. The number of ether oxygens (including phenoxy) is 4. The molecule has 0 bridgehead atoms. The number of amides is 1. The van der Waals surface area contributed by atoms with E-state index >= 15 is 0 Å². The second-order valence-electron chi connectivity index (χ2n) is 6.79. The van der Waals surface area contributed by atoms with Crippen molar-refractivity contribution in [3.8, 4) is 17.2 Å². The zero-order valence-corrected chi connectivity index (χ0v) is 17.1. The Kier molecular flexibility index (Phi) is 6.76. The first kappa shape index (κ1) is 21.4. The van der Waals surface area contributed by atoms with Gasteiger partial charge in [0, 0.05) is 12.6 Å². The third-order valence-electron chi connectivity index (χ3n) is 5.07. The zero-order chi connectivity index (χ0) is 21.7. The first-order valence-electron chi connectivity index (χ1n) is 9.46. The molecule has 30 heavy (non-hydrogen) atoms. The molecule has 1 atom stereocenters. The lowest BCUT2D eigenvalue weighted by Gasteiger charge is -2.37. The summed E-state index contributed by atoms with van der Waals surface area (Å²) in [6.45, 7) is 0.124. The number of nitrogens with zero attached hydrogens (tertiary/aromatic N) is 1. The highest BCUT2D eigenvalue weighted by atomic mass is 19.1. The largest absolute Gasteiger partial charge is 0.493 e. The number of fused-ring (bicyclic) bond motifs is 1. The van der Waals surface area contributed by atoms with E-state index in [4.69, 9.17) is 18.9 Å². The molecule has 0 fully saturated rings. The van der Waals surface area contributed by atoms with Crippen LogP contribution in [0.4, 0.5) is 4.39 Å². The molecular formula is C22H24FNO6. The lowest BCUT2D eigenvalue weighted by Crippen LogP contribution is -2.43. The number of esters is 1. The van der Waals surface area contributed by atoms with Crippen molar-refractivity contribution in [2.75, 3.05) is 34.5 Å². The molecule has 2 aromatic rings. The number of hydrogen-bond donors (Lipinski definition) is 0. The minimum Gasteiger partial charge on any atom is -0.493 e. The van der Waals surface area contributed by atoms with Gasteiger partial charge in [0.15, 0.2) is 18.1 Å². The number of halogens is 1. The fourth-order valence-electron chi connectivity index (χ4n) is 3.57. The third-order valence-corrected chi connectivity index (χ3v) is 5.07. The van der Waals surface area contributed by atoms with Gasteiger partial charge in [0.05, 0.1) is 33.8 Å². The summed E-state index contributed by atoms with van der Waals surface area (Å²) in [5.74, 6) is 0.159. The molecule has 0 spiro atoms. The van der Waals surface area contributed by atoms with Gasteiger partial charge in [-0.2, -0.15) is 0 Å². The fraction of sp³-hybridized carbons (Fsp3) is 0.364. The Morgan fingerprint density at radius 1 is 1.10 bits per heavy atom. The molecule has 7 nitrogen and oxygen atoms in total. The molecule has 0 unspecified atom stereocenters. The average Bonchev–Trinajstić information content (AvgIpc) is 2.76. The number of hydrogen-bond acceptors (Lipinski definition) is 6. The van der Waals surface area contributed by atoms with Crippen LogP contribution in [0, 0.1) is 5.82 Å². The maximum absolute atomic E-state index is 13.3. The molecule has 2 aromatic carbocycles. The smallest absolute Gasteiger partial charge is 0.307 e. The van der Waals surface area contributed by atoms with Crippen molar-refractivity contribution in [2.45, 2.75) is 18.9 Å². The number of benzene rings is 2. The monoisotopic (exact) mass is 417 g/mol. The minimum absolute atomic E-state index is 0.00924. The highest BCUT2D eigenvalue weighted by Gasteiger charge is 2.34. The summed E-state index contributed by atoms with van der Waals surface area (Å²) in [7, 11) is 4.39. The summed E-state index contributed by atoms with van der Waals surface area (Å²) in [6, 6.07) is 8.70. The van der Waals surface area contributed by atoms with Crippen LogP contribution >= 0.6 is 0 Å². The number of methoxy groups -OCH3 is 3. The molecule has 1 aliphatic heterocycles. The second-order valence-corrected chi connectivity index (χ2v) is 6.79. The van der Waals surface area contributed by atoms with Crippen LogP contribution in [0.15, 0.2) is 36.4 Å². The van der Waals surface area contributed by atoms with Crippen molar-refractivity contribution in [3.63, 3.8) is 0 Å². The van der Waals surface area contributed by atoms with Crippen LogP contribution in [0.1, 0.15) is 23.6 Å². The van der Waals surface area contributed by atoms with Gasteiger partial charge < -0.3 is 23.8 Å². The first-order chi connectivity index (χ1) is 14.5. The van der Waals surface area contributed by atoms with E-state index in [0.29, 0.717) is 24.5 Å². The van der Waals surface area contributed by atoms with Crippen LogP contribution < -0.4 is 14.2 Å². The Labute approximate surface area is 174 Å². The van der Waals surface area contributed by atoms with Gasteiger partial charge in [-0.05, 0) is 41.8 Å². The quantitative estimate of drug-likeness (QED) is 0.645. The van der Waals surface area contributed by atoms with Gasteiger partial charge in [-0.1, -0.05) is 6.07 Å². The number of carbonyl (C=O) groups excluding carboxylic acids is 2. The Bertz CT molecular complexity index is 932. The van der Waals surface area contributed by atoms with Gasteiger partial charge in [-0.25, -0.2) is 4.39 Å². The highest BCUT2D eigenvalue weighted by molar-refractivity contribution is 5.80. The zero-order valence-electron chi connectivity index (χ0n) is 17.1. The van der Waals surface area contributed by atoms with Gasteiger partial charge in [0.1, 0.15) is 11.6 Å². The summed E-state index contributed by atoms with van der Waals surface area (Å²) in [4.78, 5) is 26.6. The van der Waals surface area contributed by atoms with Crippen LogP contribution in [0.25, 0.3) is 0 Å². The normalized spacial score (nSPS) is 15.2. The molecule has 3 rings (SSSR count). The standard InChI is InChI=1S/C22H24FNO6/c1-27-19-9-14-7-8-24(21(25)13-30-16-6-4-5-15(23)10-16)18(12-22(26)29-3)17(14)11-20(19)28-2/h4-6,9-11,18H,7-8,12-13H2,1-3H3/t18-/m1/s1. The number of carbonyl (C=O) groups is 2. The molecule has 0 saturated heterocycles. The molecule has 0 aromatic heterocycles. The van der Waals surface area contributed by atoms with E-state index in [2.05, 4.69) is 0 Å². The number of rotatable bonds is 7. The Hall–Kier alpha value is -3.29. The van der Waals surface area contributed by atoms with E-state index in [-0.39, 0.29) is 24.7 Å². The van der Waals surface area contributed by atoms with Crippen LogP contribution in [-0.2, 0) is 20.7 Å². The Morgan fingerprint density at radius 3 is 2.50 bits per heavy atom. The maximum Gasteiger partial charge on any atom is 0.307 e. The van der Waals surface area contributed by atoms with Crippen LogP contribution in [0.2, 0.25) is 0 Å².